The fourth-order valence-electron chi connectivity index (χ4n) is 4.07. The van der Waals surface area contributed by atoms with Crippen LogP contribution in [0.25, 0.3) is 0 Å². The Morgan fingerprint density at radius 3 is 2.51 bits per heavy atom. The lowest BCUT2D eigenvalue weighted by atomic mass is 10.0. The zero-order valence-electron chi connectivity index (χ0n) is 20.2. The largest absolute Gasteiger partial charge is 0.481 e. The average molecular weight is 530 g/mol. The second kappa shape index (κ2) is 12.4. The first-order valence-electron chi connectivity index (χ1n) is 11.4. The number of nitrogens with two attached hydrogens (primary N) is 1. The Morgan fingerprint density at radius 1 is 1.14 bits per heavy atom. The molecule has 0 amide bonds. The van der Waals surface area contributed by atoms with E-state index in [-0.39, 0.29) is 29.8 Å². The van der Waals surface area contributed by atoms with Crippen LogP contribution in [0.15, 0.2) is 35.2 Å². The molecule has 0 heterocycles. The average Bonchev–Trinajstić information content (AvgIpc) is 3.15. The maximum Gasteiger partial charge on any atom is 0.240 e. The van der Waals surface area contributed by atoms with Crippen molar-refractivity contribution in [2.45, 2.75) is 30.4 Å². The molecule has 8 nitrogen and oxygen atoms in total. The van der Waals surface area contributed by atoms with Crippen LogP contribution < -0.4 is 15.2 Å². The predicted molar refractivity (Wildman–Crippen MR) is 133 cm³/mol. The summed E-state index contributed by atoms with van der Waals surface area (Å²) in [4.78, 5) is 1.84. The number of benzene rings is 2. The van der Waals surface area contributed by atoms with Crippen molar-refractivity contribution in [2.24, 2.45) is 5.73 Å². The van der Waals surface area contributed by atoms with E-state index in [0.29, 0.717) is 31.4 Å². The number of likely N-dealkylation sites (N-methyl/N-ethyl adjacent to an activating group) is 1. The molecule has 0 aliphatic heterocycles. The fourth-order valence-corrected chi connectivity index (χ4v) is 5.37. The predicted octanol–water partition coefficient (Wildman–Crippen LogP) is 2.66. The molecule has 0 saturated heterocycles. The Morgan fingerprint density at radius 2 is 1.86 bits per heavy atom. The molecule has 0 spiro atoms. The summed E-state index contributed by atoms with van der Waals surface area (Å²) in [5.41, 5.74) is 8.43. The van der Waals surface area contributed by atoms with E-state index in [1.165, 1.54) is 12.1 Å². The minimum atomic E-state index is -3.91. The van der Waals surface area contributed by atoms with Gasteiger partial charge >= 0.3 is 0 Å². The molecule has 1 aliphatic carbocycles. The van der Waals surface area contributed by atoms with Crippen molar-refractivity contribution >= 4 is 21.6 Å². The number of rotatable bonds is 13. The van der Waals surface area contributed by atoms with Gasteiger partial charge in [0.25, 0.3) is 0 Å². The van der Waals surface area contributed by atoms with E-state index in [1.54, 1.807) is 0 Å². The fraction of sp³-hybridized carbons (Fsp3) is 0.500. The summed E-state index contributed by atoms with van der Waals surface area (Å²) in [5.74, 6) is -0.780. The number of nitrogens with zero attached hydrogens (tertiary/aromatic N) is 1. The second-order valence-corrected chi connectivity index (χ2v) is 10.8. The van der Waals surface area contributed by atoms with E-state index in [2.05, 4.69) is 4.72 Å². The molecular formula is C24H33ClFN3O5S. The molecule has 11 heteroatoms. The molecule has 0 saturated carbocycles. The summed E-state index contributed by atoms with van der Waals surface area (Å²) in [7, 11) is -0.0254. The number of sulfonamides is 1. The quantitative estimate of drug-likeness (QED) is 0.384. The zero-order chi connectivity index (χ0) is 25.6. The molecule has 0 radical (unpaired) electrons. The number of halogens is 2. The lowest BCUT2D eigenvalue weighted by Gasteiger charge is -2.27. The van der Waals surface area contributed by atoms with Crippen LogP contribution in [0.2, 0.25) is 5.02 Å². The van der Waals surface area contributed by atoms with Gasteiger partial charge in [0.15, 0.2) is 11.6 Å². The Kier molecular flexibility index (Phi) is 9.88. The summed E-state index contributed by atoms with van der Waals surface area (Å²) >= 11 is 6.28. The van der Waals surface area contributed by atoms with E-state index in [1.807, 2.05) is 38.1 Å². The third kappa shape index (κ3) is 7.13. The van der Waals surface area contributed by atoms with Crippen LogP contribution >= 0.6 is 11.6 Å². The maximum absolute atomic E-state index is 15.0. The van der Waals surface area contributed by atoms with Gasteiger partial charge in [-0.1, -0.05) is 11.6 Å². The Balaban J connectivity index is 1.66. The number of hydrogen-bond acceptors (Lipinski definition) is 7. The Hall–Kier alpha value is -1.79. The van der Waals surface area contributed by atoms with Crippen molar-refractivity contribution in [1.82, 2.24) is 9.62 Å². The first-order chi connectivity index (χ1) is 16.6. The molecule has 0 unspecified atom stereocenters. The molecule has 0 fully saturated rings. The van der Waals surface area contributed by atoms with Gasteiger partial charge in [0.05, 0.1) is 37.4 Å². The zero-order valence-corrected chi connectivity index (χ0v) is 21.8. The number of nitrogens with one attached hydrogen (secondary N) is 1. The molecule has 3 N–H and O–H groups in total. The van der Waals surface area contributed by atoms with Gasteiger partial charge in [-0.2, -0.15) is 0 Å². The van der Waals surface area contributed by atoms with E-state index >= 15 is 0 Å². The van der Waals surface area contributed by atoms with Crippen molar-refractivity contribution in [3.8, 4) is 5.75 Å². The Bertz CT molecular complexity index is 1120. The topological polar surface area (TPSA) is 103 Å². The van der Waals surface area contributed by atoms with Crippen LogP contribution in [0, 0.1) is 12.7 Å². The summed E-state index contributed by atoms with van der Waals surface area (Å²) < 4.78 is 59.1. The minimum Gasteiger partial charge on any atom is -0.481 e. The maximum atomic E-state index is 15.0. The van der Waals surface area contributed by atoms with Crippen molar-refractivity contribution < 1.29 is 27.0 Å². The third-order valence-corrected chi connectivity index (χ3v) is 7.52. The van der Waals surface area contributed by atoms with Gasteiger partial charge in [-0.25, -0.2) is 17.5 Å². The van der Waals surface area contributed by atoms with Gasteiger partial charge in [0, 0.05) is 18.1 Å². The van der Waals surface area contributed by atoms with E-state index in [0.717, 1.165) is 29.2 Å². The molecule has 2 aromatic carbocycles. The van der Waals surface area contributed by atoms with Gasteiger partial charge in [-0.3, -0.25) is 0 Å². The highest BCUT2D eigenvalue weighted by molar-refractivity contribution is 7.89. The van der Waals surface area contributed by atoms with Crippen molar-refractivity contribution in [3.63, 3.8) is 0 Å². The van der Waals surface area contributed by atoms with E-state index < -0.39 is 21.9 Å². The summed E-state index contributed by atoms with van der Waals surface area (Å²) in [6.07, 6.45) is 0.299. The second-order valence-electron chi connectivity index (χ2n) is 8.57. The number of aryl methyl sites for hydroxylation is 1. The van der Waals surface area contributed by atoms with Crippen LogP contribution in [-0.2, 0) is 25.9 Å². The van der Waals surface area contributed by atoms with Gasteiger partial charge in [-0.05, 0) is 74.5 Å². The SMILES string of the molecule is Cc1cc(Cl)cc2c1C[C@H](N(C)C)[C@H]2Oc1ccc(S(=O)(=O)NCCOCCOCCN)cc1F. The van der Waals surface area contributed by atoms with Gasteiger partial charge < -0.3 is 24.8 Å². The van der Waals surface area contributed by atoms with Crippen LogP contribution in [0.4, 0.5) is 4.39 Å². The first-order valence-corrected chi connectivity index (χ1v) is 13.3. The minimum absolute atomic E-state index is 0.0210. The van der Waals surface area contributed by atoms with Gasteiger partial charge in [0.2, 0.25) is 10.0 Å². The van der Waals surface area contributed by atoms with Crippen molar-refractivity contribution in [1.29, 1.82) is 0 Å². The summed E-state index contributed by atoms with van der Waals surface area (Å²) in [5, 5.41) is 0.592. The highest BCUT2D eigenvalue weighted by Crippen LogP contribution is 2.41. The van der Waals surface area contributed by atoms with Crippen LogP contribution in [0.5, 0.6) is 5.75 Å². The molecule has 2 aromatic rings. The van der Waals surface area contributed by atoms with Gasteiger partial charge in [0.1, 0.15) is 6.10 Å². The van der Waals surface area contributed by atoms with Crippen LogP contribution in [-0.4, -0.2) is 73.0 Å². The highest BCUT2D eigenvalue weighted by Gasteiger charge is 2.37. The number of ether oxygens (including phenoxy) is 3. The number of fused-ring (bicyclic) bond motifs is 1. The van der Waals surface area contributed by atoms with Crippen LogP contribution in [0.3, 0.4) is 0 Å². The van der Waals surface area contributed by atoms with Gasteiger partial charge in [-0.15, -0.1) is 0 Å². The normalized spacial score (nSPS) is 17.7. The lowest BCUT2D eigenvalue weighted by Crippen LogP contribution is -2.34. The molecule has 1 aliphatic rings. The standard InChI is InChI=1S/C24H33ClFN3O5S/c1-16-12-17(25)13-20-19(16)15-22(29(2)3)24(20)34-23-5-4-18(14-21(23)26)35(30,31)28-7-9-33-11-10-32-8-6-27/h4-5,12-14,22,24,28H,6-11,15,27H2,1-3H3/t22-,24-/m0/s1. The molecule has 3 rings (SSSR count). The summed E-state index contributed by atoms with van der Waals surface area (Å²) in [6.45, 7) is 3.77. The molecule has 0 aromatic heterocycles. The molecular weight excluding hydrogens is 497 g/mol. The summed E-state index contributed by atoms with van der Waals surface area (Å²) in [6, 6.07) is 7.37. The lowest BCUT2D eigenvalue weighted by molar-refractivity contribution is 0.0530. The molecule has 35 heavy (non-hydrogen) atoms. The van der Waals surface area contributed by atoms with Crippen molar-refractivity contribution in [2.75, 3.05) is 53.6 Å². The van der Waals surface area contributed by atoms with Crippen LogP contribution in [0.1, 0.15) is 22.8 Å². The van der Waals surface area contributed by atoms with E-state index in [4.69, 9.17) is 31.5 Å². The first kappa shape index (κ1) is 27.8. The van der Waals surface area contributed by atoms with E-state index in [9.17, 15) is 12.8 Å². The molecule has 0 bridgehead atoms. The highest BCUT2D eigenvalue weighted by atomic mass is 35.5. The van der Waals surface area contributed by atoms with Crippen molar-refractivity contribution in [3.05, 3.63) is 57.9 Å². The smallest absolute Gasteiger partial charge is 0.240 e. The monoisotopic (exact) mass is 529 g/mol. The number of hydrogen-bond donors (Lipinski definition) is 2. The molecule has 2 atom stereocenters. The molecule has 194 valence electrons. The Labute approximate surface area is 211 Å². The third-order valence-electron chi connectivity index (χ3n) is 5.85.